The maximum absolute atomic E-state index is 4.52. The lowest BCUT2D eigenvalue weighted by molar-refractivity contribution is 0.492. The number of nitrogens with one attached hydrogen (secondary N) is 2. The Kier molecular flexibility index (Phi) is 4.10. The third-order valence-electron chi connectivity index (χ3n) is 3.32. The highest BCUT2D eigenvalue weighted by atomic mass is 79.9. The van der Waals surface area contributed by atoms with Gasteiger partial charge in [0.1, 0.15) is 5.82 Å². The van der Waals surface area contributed by atoms with E-state index in [1.54, 1.807) is 6.20 Å². The van der Waals surface area contributed by atoms with Gasteiger partial charge in [-0.3, -0.25) is 0 Å². The van der Waals surface area contributed by atoms with Crippen LogP contribution in [0.25, 0.3) is 0 Å². The molecule has 1 fully saturated rings. The third kappa shape index (κ3) is 3.34. The summed E-state index contributed by atoms with van der Waals surface area (Å²) >= 11 is 3.51. The van der Waals surface area contributed by atoms with Gasteiger partial charge in [-0.25, -0.2) is 4.98 Å². The van der Waals surface area contributed by atoms with Crippen LogP contribution in [0.2, 0.25) is 0 Å². The maximum atomic E-state index is 4.52. The minimum absolute atomic E-state index is 0.0961. The largest absolute Gasteiger partial charge is 0.364 e. The van der Waals surface area contributed by atoms with E-state index in [4.69, 9.17) is 0 Å². The lowest BCUT2D eigenvalue weighted by Crippen LogP contribution is -2.34. The Morgan fingerprint density at radius 1 is 1.44 bits per heavy atom. The SMILES string of the molecule is CCCNc1ncc(Br)c(NC(C)(C)C2CC2)n1. The van der Waals surface area contributed by atoms with Gasteiger partial charge in [0.25, 0.3) is 0 Å². The second kappa shape index (κ2) is 5.43. The van der Waals surface area contributed by atoms with E-state index in [9.17, 15) is 0 Å². The summed E-state index contributed by atoms with van der Waals surface area (Å²) in [5, 5.41) is 6.74. The van der Waals surface area contributed by atoms with Gasteiger partial charge in [-0.2, -0.15) is 4.98 Å². The molecule has 0 saturated heterocycles. The van der Waals surface area contributed by atoms with Gasteiger partial charge in [-0.15, -0.1) is 0 Å². The lowest BCUT2D eigenvalue weighted by Gasteiger charge is -2.27. The Labute approximate surface area is 117 Å². The van der Waals surface area contributed by atoms with E-state index in [0.717, 1.165) is 29.2 Å². The smallest absolute Gasteiger partial charge is 0.224 e. The molecule has 2 N–H and O–H groups in total. The molecule has 1 aromatic rings. The zero-order chi connectivity index (χ0) is 13.2. The number of aromatic nitrogens is 2. The molecule has 5 heteroatoms. The first kappa shape index (κ1) is 13.6. The highest BCUT2D eigenvalue weighted by molar-refractivity contribution is 9.10. The molecule has 2 rings (SSSR count). The fraction of sp³-hybridized carbons (Fsp3) is 0.692. The average Bonchev–Trinajstić information content (AvgIpc) is 3.14. The van der Waals surface area contributed by atoms with Crippen molar-refractivity contribution in [2.24, 2.45) is 5.92 Å². The van der Waals surface area contributed by atoms with E-state index < -0.39 is 0 Å². The second-order valence-electron chi connectivity index (χ2n) is 5.44. The first-order valence-electron chi connectivity index (χ1n) is 6.57. The van der Waals surface area contributed by atoms with Crippen LogP contribution in [0.1, 0.15) is 40.0 Å². The Bertz CT molecular complexity index is 415. The van der Waals surface area contributed by atoms with Crippen LogP contribution in [0.5, 0.6) is 0 Å². The highest BCUT2D eigenvalue weighted by Crippen LogP contribution is 2.41. The van der Waals surface area contributed by atoms with Crippen molar-refractivity contribution < 1.29 is 0 Å². The Hall–Kier alpha value is -0.840. The molecule has 1 aliphatic carbocycles. The summed E-state index contributed by atoms with van der Waals surface area (Å²) in [6.45, 7) is 7.49. The Morgan fingerprint density at radius 3 is 2.78 bits per heavy atom. The van der Waals surface area contributed by atoms with Crippen molar-refractivity contribution in [2.75, 3.05) is 17.2 Å². The number of anilines is 2. The van der Waals surface area contributed by atoms with Gasteiger partial charge >= 0.3 is 0 Å². The lowest BCUT2D eigenvalue weighted by atomic mass is 9.99. The van der Waals surface area contributed by atoms with Crippen LogP contribution >= 0.6 is 15.9 Å². The normalized spacial score (nSPS) is 15.6. The van der Waals surface area contributed by atoms with Crippen LogP contribution in [0.15, 0.2) is 10.7 Å². The molecule has 0 spiro atoms. The second-order valence-corrected chi connectivity index (χ2v) is 6.29. The molecule has 100 valence electrons. The molecular formula is C13H21BrN4. The van der Waals surface area contributed by atoms with Crippen LogP contribution in [0, 0.1) is 5.92 Å². The first-order chi connectivity index (χ1) is 8.53. The molecule has 0 aliphatic heterocycles. The average molecular weight is 313 g/mol. The molecule has 0 amide bonds. The molecule has 0 atom stereocenters. The monoisotopic (exact) mass is 312 g/mol. The topological polar surface area (TPSA) is 49.8 Å². The predicted molar refractivity (Wildman–Crippen MR) is 78.9 cm³/mol. The van der Waals surface area contributed by atoms with Crippen molar-refractivity contribution in [3.05, 3.63) is 10.7 Å². The predicted octanol–water partition coefficient (Wildman–Crippen LogP) is 3.66. The van der Waals surface area contributed by atoms with Crippen molar-refractivity contribution in [1.29, 1.82) is 0 Å². The van der Waals surface area contributed by atoms with Crippen molar-refractivity contribution in [2.45, 2.75) is 45.6 Å². The zero-order valence-electron chi connectivity index (χ0n) is 11.3. The summed E-state index contributed by atoms with van der Waals surface area (Å²) in [6.07, 6.45) is 5.49. The minimum atomic E-state index is 0.0961. The van der Waals surface area contributed by atoms with Gasteiger partial charge in [0.05, 0.1) is 4.47 Å². The fourth-order valence-corrected chi connectivity index (χ4v) is 2.28. The Balaban J connectivity index is 2.10. The molecule has 1 aromatic heterocycles. The van der Waals surface area contributed by atoms with E-state index in [1.165, 1.54) is 12.8 Å². The number of nitrogens with zero attached hydrogens (tertiary/aromatic N) is 2. The van der Waals surface area contributed by atoms with E-state index in [-0.39, 0.29) is 5.54 Å². The first-order valence-corrected chi connectivity index (χ1v) is 7.37. The van der Waals surface area contributed by atoms with Crippen LogP contribution < -0.4 is 10.6 Å². The summed E-state index contributed by atoms with van der Waals surface area (Å²) in [5.41, 5.74) is 0.0961. The van der Waals surface area contributed by atoms with Gasteiger partial charge in [0.15, 0.2) is 0 Å². The van der Waals surface area contributed by atoms with Gasteiger partial charge in [-0.1, -0.05) is 6.92 Å². The minimum Gasteiger partial charge on any atom is -0.364 e. The van der Waals surface area contributed by atoms with Gasteiger partial charge in [0, 0.05) is 18.3 Å². The molecule has 4 nitrogen and oxygen atoms in total. The molecule has 0 aromatic carbocycles. The molecule has 1 aliphatic rings. The zero-order valence-corrected chi connectivity index (χ0v) is 12.8. The summed E-state index contributed by atoms with van der Waals surface area (Å²) in [5.74, 6) is 2.32. The number of halogens is 1. The fourth-order valence-electron chi connectivity index (χ4n) is 1.99. The van der Waals surface area contributed by atoms with Crippen LogP contribution in [-0.2, 0) is 0 Å². The molecule has 1 saturated carbocycles. The van der Waals surface area contributed by atoms with Crippen LogP contribution in [-0.4, -0.2) is 22.1 Å². The van der Waals surface area contributed by atoms with E-state index in [0.29, 0.717) is 5.95 Å². The van der Waals surface area contributed by atoms with E-state index >= 15 is 0 Å². The molecule has 0 unspecified atom stereocenters. The van der Waals surface area contributed by atoms with Gasteiger partial charge < -0.3 is 10.6 Å². The molecule has 18 heavy (non-hydrogen) atoms. The summed E-state index contributed by atoms with van der Waals surface area (Å²) in [4.78, 5) is 8.78. The molecule has 1 heterocycles. The van der Waals surface area contributed by atoms with Crippen molar-refractivity contribution in [3.8, 4) is 0 Å². The quantitative estimate of drug-likeness (QED) is 0.841. The van der Waals surface area contributed by atoms with Crippen LogP contribution in [0.4, 0.5) is 11.8 Å². The standard InChI is InChI=1S/C13H21BrN4/c1-4-7-15-12-16-8-10(14)11(17-12)18-13(2,3)9-5-6-9/h8-9H,4-7H2,1-3H3,(H2,15,16,17,18). The maximum Gasteiger partial charge on any atom is 0.224 e. The van der Waals surface area contributed by atoms with E-state index in [2.05, 4.69) is 57.3 Å². The number of hydrogen-bond acceptors (Lipinski definition) is 4. The number of hydrogen-bond donors (Lipinski definition) is 2. The third-order valence-corrected chi connectivity index (χ3v) is 3.90. The summed E-state index contributed by atoms with van der Waals surface area (Å²) < 4.78 is 0.915. The van der Waals surface area contributed by atoms with Crippen molar-refractivity contribution in [3.63, 3.8) is 0 Å². The molecule has 0 bridgehead atoms. The van der Waals surface area contributed by atoms with Gasteiger partial charge in [0.2, 0.25) is 5.95 Å². The number of rotatable bonds is 6. The van der Waals surface area contributed by atoms with Crippen molar-refractivity contribution in [1.82, 2.24) is 9.97 Å². The molecular weight excluding hydrogens is 292 g/mol. The van der Waals surface area contributed by atoms with E-state index in [1.807, 2.05) is 0 Å². The van der Waals surface area contributed by atoms with Gasteiger partial charge in [-0.05, 0) is 55.0 Å². The molecule has 0 radical (unpaired) electrons. The van der Waals surface area contributed by atoms with Crippen LogP contribution in [0.3, 0.4) is 0 Å². The Morgan fingerprint density at radius 2 is 2.17 bits per heavy atom. The summed E-state index contributed by atoms with van der Waals surface area (Å²) in [7, 11) is 0. The highest BCUT2D eigenvalue weighted by Gasteiger charge is 2.38. The summed E-state index contributed by atoms with van der Waals surface area (Å²) in [6, 6.07) is 0. The van der Waals surface area contributed by atoms with Crippen molar-refractivity contribution >= 4 is 27.7 Å².